The van der Waals surface area contributed by atoms with Crippen LogP contribution in [0.1, 0.15) is 51.8 Å². The second kappa shape index (κ2) is 8.99. The Labute approximate surface area is 180 Å². The van der Waals surface area contributed by atoms with E-state index in [0.29, 0.717) is 11.7 Å². The van der Waals surface area contributed by atoms with Gasteiger partial charge in [0.05, 0.1) is 16.7 Å². The van der Waals surface area contributed by atoms with E-state index in [0.717, 1.165) is 17.1 Å². The van der Waals surface area contributed by atoms with E-state index in [1.54, 1.807) is 12.1 Å². The zero-order chi connectivity index (χ0) is 22.7. The molecule has 1 aliphatic heterocycles. The fourth-order valence-corrected chi connectivity index (χ4v) is 3.48. The summed E-state index contributed by atoms with van der Waals surface area (Å²) in [6, 6.07) is 11.9. The maximum Gasteiger partial charge on any atom is 0.338 e. The van der Waals surface area contributed by atoms with Crippen molar-refractivity contribution in [3.8, 4) is 0 Å². The number of amides is 3. The van der Waals surface area contributed by atoms with Crippen LogP contribution >= 0.6 is 0 Å². The number of anilines is 2. The standard InChI is InChI=1S/C23H25N3O5/c1-5-26(14(2)3)17-9-7-16(8-10-17)24-20(27)13-31-23(30)15-6-11-18-19(12-15)22(29)25(4)21(18)28/h6-12,14H,5,13H2,1-4H3,(H,24,27). The molecular weight excluding hydrogens is 398 g/mol. The van der Waals surface area contributed by atoms with Crippen LogP contribution in [0.5, 0.6) is 0 Å². The van der Waals surface area contributed by atoms with Crippen LogP contribution in [-0.2, 0) is 9.53 Å². The topological polar surface area (TPSA) is 96.0 Å². The second-order valence-corrected chi connectivity index (χ2v) is 7.48. The van der Waals surface area contributed by atoms with Crippen LogP contribution in [0.4, 0.5) is 11.4 Å². The average Bonchev–Trinajstić information content (AvgIpc) is 2.97. The minimum atomic E-state index is -0.751. The van der Waals surface area contributed by atoms with Crippen molar-refractivity contribution in [3.63, 3.8) is 0 Å². The minimum absolute atomic E-state index is 0.0979. The Morgan fingerprint density at radius 1 is 1.03 bits per heavy atom. The lowest BCUT2D eigenvalue weighted by Crippen LogP contribution is -2.30. The summed E-state index contributed by atoms with van der Waals surface area (Å²) in [4.78, 5) is 51.6. The molecule has 0 unspecified atom stereocenters. The van der Waals surface area contributed by atoms with E-state index in [4.69, 9.17) is 4.74 Å². The smallest absolute Gasteiger partial charge is 0.338 e. The Morgan fingerprint density at radius 2 is 1.68 bits per heavy atom. The summed E-state index contributed by atoms with van der Waals surface area (Å²) in [5.74, 6) is -2.13. The number of carbonyl (C=O) groups is 4. The quantitative estimate of drug-likeness (QED) is 0.543. The number of benzene rings is 2. The lowest BCUT2D eigenvalue weighted by molar-refractivity contribution is -0.119. The number of carbonyl (C=O) groups excluding carboxylic acids is 4. The summed E-state index contributed by atoms with van der Waals surface area (Å²) < 4.78 is 5.05. The number of ether oxygens (including phenoxy) is 1. The third kappa shape index (κ3) is 4.58. The summed E-state index contributed by atoms with van der Waals surface area (Å²) >= 11 is 0. The average molecular weight is 423 g/mol. The van der Waals surface area contributed by atoms with Gasteiger partial charge in [0.2, 0.25) is 0 Å². The van der Waals surface area contributed by atoms with Gasteiger partial charge in [-0.2, -0.15) is 0 Å². The number of hydrogen-bond acceptors (Lipinski definition) is 6. The number of nitrogens with one attached hydrogen (secondary N) is 1. The van der Waals surface area contributed by atoms with Gasteiger partial charge in [-0.05, 0) is 63.2 Å². The third-order valence-corrected chi connectivity index (χ3v) is 5.11. The largest absolute Gasteiger partial charge is 0.452 e. The summed E-state index contributed by atoms with van der Waals surface area (Å²) in [5.41, 5.74) is 2.13. The van der Waals surface area contributed by atoms with Crippen LogP contribution < -0.4 is 10.2 Å². The van der Waals surface area contributed by atoms with Crippen molar-refractivity contribution in [3.05, 3.63) is 59.2 Å². The number of fused-ring (bicyclic) bond motifs is 1. The number of esters is 1. The van der Waals surface area contributed by atoms with Crippen molar-refractivity contribution in [2.75, 3.05) is 30.4 Å². The Morgan fingerprint density at radius 3 is 2.29 bits per heavy atom. The molecule has 3 amide bonds. The molecule has 3 rings (SSSR count). The highest BCUT2D eigenvalue weighted by Crippen LogP contribution is 2.23. The van der Waals surface area contributed by atoms with Crippen molar-refractivity contribution in [2.45, 2.75) is 26.8 Å². The van der Waals surface area contributed by atoms with Gasteiger partial charge in [-0.1, -0.05) is 0 Å². The predicted molar refractivity (Wildman–Crippen MR) is 116 cm³/mol. The van der Waals surface area contributed by atoms with Crippen LogP contribution in [0.15, 0.2) is 42.5 Å². The lowest BCUT2D eigenvalue weighted by Gasteiger charge is -2.27. The molecule has 162 valence electrons. The van der Waals surface area contributed by atoms with Crippen LogP contribution in [0.2, 0.25) is 0 Å². The maximum atomic E-state index is 12.3. The first-order valence-electron chi connectivity index (χ1n) is 10.0. The zero-order valence-corrected chi connectivity index (χ0v) is 18.0. The molecule has 0 bridgehead atoms. The van der Waals surface area contributed by atoms with Crippen LogP contribution in [0.3, 0.4) is 0 Å². The highest BCUT2D eigenvalue weighted by Gasteiger charge is 2.33. The molecular formula is C23H25N3O5. The molecule has 0 saturated carbocycles. The van der Waals surface area contributed by atoms with E-state index < -0.39 is 30.3 Å². The molecule has 0 spiro atoms. The minimum Gasteiger partial charge on any atom is -0.452 e. The van der Waals surface area contributed by atoms with E-state index in [-0.39, 0.29) is 16.7 Å². The molecule has 0 aromatic heterocycles. The number of nitrogens with zero attached hydrogens (tertiary/aromatic N) is 2. The van der Waals surface area contributed by atoms with Gasteiger partial charge in [-0.3, -0.25) is 19.3 Å². The Kier molecular flexibility index (Phi) is 6.39. The molecule has 31 heavy (non-hydrogen) atoms. The SMILES string of the molecule is CCN(c1ccc(NC(=O)COC(=O)c2ccc3c(c2)C(=O)N(C)C3=O)cc1)C(C)C. The first-order valence-corrected chi connectivity index (χ1v) is 10.0. The monoisotopic (exact) mass is 423 g/mol. The van der Waals surface area contributed by atoms with Gasteiger partial charge in [0.1, 0.15) is 0 Å². The van der Waals surface area contributed by atoms with E-state index in [1.807, 2.05) is 12.1 Å². The fraction of sp³-hybridized carbons (Fsp3) is 0.304. The van der Waals surface area contributed by atoms with Gasteiger partial charge in [0.15, 0.2) is 6.61 Å². The number of hydrogen-bond donors (Lipinski definition) is 1. The molecule has 1 N–H and O–H groups in total. The predicted octanol–water partition coefficient (Wildman–Crippen LogP) is 2.94. The molecule has 1 heterocycles. The summed E-state index contributed by atoms with van der Waals surface area (Å²) in [7, 11) is 1.38. The summed E-state index contributed by atoms with van der Waals surface area (Å²) in [6.45, 7) is 6.70. The third-order valence-electron chi connectivity index (χ3n) is 5.11. The zero-order valence-electron chi connectivity index (χ0n) is 18.0. The Bertz CT molecular complexity index is 1030. The van der Waals surface area contributed by atoms with Gasteiger partial charge in [-0.15, -0.1) is 0 Å². The van der Waals surface area contributed by atoms with Gasteiger partial charge in [-0.25, -0.2) is 4.79 Å². The summed E-state index contributed by atoms with van der Waals surface area (Å²) in [6.07, 6.45) is 0. The van der Waals surface area contributed by atoms with Crippen molar-refractivity contribution in [1.82, 2.24) is 4.90 Å². The second-order valence-electron chi connectivity index (χ2n) is 7.48. The van der Waals surface area contributed by atoms with Crippen LogP contribution in [-0.4, -0.2) is 54.8 Å². The Hall–Kier alpha value is -3.68. The highest BCUT2D eigenvalue weighted by molar-refractivity contribution is 6.21. The molecule has 0 saturated heterocycles. The molecule has 0 aliphatic carbocycles. The highest BCUT2D eigenvalue weighted by atomic mass is 16.5. The summed E-state index contributed by atoms with van der Waals surface area (Å²) in [5, 5.41) is 2.68. The fourth-order valence-electron chi connectivity index (χ4n) is 3.48. The van der Waals surface area contributed by atoms with E-state index in [9.17, 15) is 19.2 Å². The van der Waals surface area contributed by atoms with Gasteiger partial charge >= 0.3 is 5.97 Å². The van der Waals surface area contributed by atoms with Crippen LogP contribution in [0.25, 0.3) is 0 Å². The lowest BCUT2D eigenvalue weighted by atomic mass is 10.1. The van der Waals surface area contributed by atoms with Crippen LogP contribution in [0, 0.1) is 0 Å². The molecule has 0 fully saturated rings. The van der Waals surface area contributed by atoms with Gasteiger partial charge in [0, 0.05) is 31.0 Å². The van der Waals surface area contributed by atoms with Crippen molar-refractivity contribution >= 4 is 35.1 Å². The van der Waals surface area contributed by atoms with Gasteiger partial charge < -0.3 is 15.0 Å². The molecule has 2 aromatic rings. The molecule has 8 heteroatoms. The number of rotatable bonds is 7. The first-order chi connectivity index (χ1) is 14.7. The van der Waals surface area contributed by atoms with Crippen molar-refractivity contribution < 1.29 is 23.9 Å². The van der Waals surface area contributed by atoms with Crippen molar-refractivity contribution in [2.24, 2.45) is 0 Å². The first kappa shape index (κ1) is 22.0. The molecule has 1 aliphatic rings. The van der Waals surface area contributed by atoms with E-state index in [1.165, 1.54) is 25.2 Å². The molecule has 0 radical (unpaired) electrons. The maximum absolute atomic E-state index is 12.3. The molecule has 0 atom stereocenters. The van der Waals surface area contributed by atoms with E-state index in [2.05, 4.69) is 31.0 Å². The molecule has 2 aromatic carbocycles. The molecule has 8 nitrogen and oxygen atoms in total. The Balaban J connectivity index is 1.57. The number of imide groups is 1. The van der Waals surface area contributed by atoms with Gasteiger partial charge in [0.25, 0.3) is 17.7 Å². The van der Waals surface area contributed by atoms with E-state index >= 15 is 0 Å². The normalized spacial score (nSPS) is 12.7. The van der Waals surface area contributed by atoms with Crippen molar-refractivity contribution in [1.29, 1.82) is 0 Å².